The van der Waals surface area contributed by atoms with Crippen LogP contribution < -0.4 is 16.0 Å². The van der Waals surface area contributed by atoms with Crippen molar-refractivity contribution in [1.29, 1.82) is 0 Å². The minimum absolute atomic E-state index is 0. The van der Waals surface area contributed by atoms with Gasteiger partial charge in [-0.25, -0.2) is 8.42 Å². The second kappa shape index (κ2) is 12.4. The lowest BCUT2D eigenvalue weighted by atomic mass is 10.1. The number of benzene rings is 2. The lowest BCUT2D eigenvalue weighted by Crippen LogP contribution is -2.39. The van der Waals surface area contributed by atoms with E-state index in [-0.39, 0.29) is 40.2 Å². The summed E-state index contributed by atoms with van der Waals surface area (Å²) < 4.78 is 23.2. The third-order valence-corrected chi connectivity index (χ3v) is 5.61. The van der Waals surface area contributed by atoms with E-state index >= 15 is 0 Å². The normalized spacial score (nSPS) is 11.4. The fourth-order valence-corrected chi connectivity index (χ4v) is 3.54. The van der Waals surface area contributed by atoms with E-state index in [0.29, 0.717) is 25.6 Å². The molecule has 9 nitrogen and oxygen atoms in total. The summed E-state index contributed by atoms with van der Waals surface area (Å²) >= 11 is 0. The summed E-state index contributed by atoms with van der Waals surface area (Å²) in [4.78, 5) is 14.8. The van der Waals surface area contributed by atoms with Crippen LogP contribution in [-0.4, -0.2) is 45.7 Å². The minimum Gasteiger partial charge on any atom is -0.378 e. The first-order chi connectivity index (χ1) is 14.3. The third-order valence-electron chi connectivity index (χ3n) is 4.50. The summed E-state index contributed by atoms with van der Waals surface area (Å²) in [6.45, 7) is 3.58. The highest BCUT2D eigenvalue weighted by atomic mass is 127. The van der Waals surface area contributed by atoms with Crippen LogP contribution >= 0.6 is 24.0 Å². The molecule has 0 bridgehead atoms. The molecule has 0 spiro atoms. The molecule has 0 heterocycles. The fraction of sp³-hybridized carbons (Fsp3) is 0.350. The number of aliphatic imine (C=N–C) groups is 1. The Morgan fingerprint density at radius 2 is 1.77 bits per heavy atom. The van der Waals surface area contributed by atoms with Gasteiger partial charge in [0, 0.05) is 39.0 Å². The van der Waals surface area contributed by atoms with Crippen molar-refractivity contribution in [3.63, 3.8) is 0 Å². The van der Waals surface area contributed by atoms with Crippen molar-refractivity contribution in [2.24, 2.45) is 4.99 Å². The first-order valence-corrected chi connectivity index (χ1v) is 11.4. The van der Waals surface area contributed by atoms with Crippen molar-refractivity contribution >= 4 is 51.1 Å². The van der Waals surface area contributed by atoms with Crippen molar-refractivity contribution in [3.8, 4) is 0 Å². The predicted octanol–water partition coefficient (Wildman–Crippen LogP) is 2.96. The Bertz CT molecular complexity index is 1030. The Balaban J connectivity index is 0.00000480. The van der Waals surface area contributed by atoms with Crippen molar-refractivity contribution < 1.29 is 13.3 Å². The van der Waals surface area contributed by atoms with Gasteiger partial charge in [0.05, 0.1) is 9.82 Å². The number of sulfone groups is 1. The summed E-state index contributed by atoms with van der Waals surface area (Å²) in [5.41, 5.74) is 2.44. The number of aryl methyl sites for hydroxylation is 1. The van der Waals surface area contributed by atoms with Crippen LogP contribution in [0.2, 0.25) is 0 Å². The molecule has 2 aromatic carbocycles. The number of guanidine groups is 1. The van der Waals surface area contributed by atoms with Crippen LogP contribution in [0.4, 0.5) is 11.4 Å². The summed E-state index contributed by atoms with van der Waals surface area (Å²) in [6.07, 6.45) is 1.96. The molecule has 2 aromatic rings. The molecule has 0 unspecified atom stereocenters. The number of nitro benzene ring substituents is 1. The van der Waals surface area contributed by atoms with E-state index < -0.39 is 14.8 Å². The molecule has 0 aromatic heterocycles. The fourth-order valence-electron chi connectivity index (χ4n) is 2.90. The first kappa shape index (κ1) is 26.6. The van der Waals surface area contributed by atoms with Crippen LogP contribution in [0.15, 0.2) is 52.4 Å². The van der Waals surface area contributed by atoms with Gasteiger partial charge in [-0.05, 0) is 29.7 Å². The molecule has 2 rings (SSSR count). The molecule has 11 heteroatoms. The largest absolute Gasteiger partial charge is 0.378 e. The SMILES string of the molecule is CCc1ccccc1CNC(=NC)NCCNc1ccc(S(C)(=O)=O)cc1[N+](=O)[O-].I. The van der Waals surface area contributed by atoms with Crippen molar-refractivity contribution in [1.82, 2.24) is 10.6 Å². The van der Waals surface area contributed by atoms with Gasteiger partial charge in [0.2, 0.25) is 0 Å². The van der Waals surface area contributed by atoms with Gasteiger partial charge in [0.25, 0.3) is 5.69 Å². The summed E-state index contributed by atoms with van der Waals surface area (Å²) in [5, 5.41) is 20.6. The molecule has 3 N–H and O–H groups in total. The zero-order chi connectivity index (χ0) is 22.1. The van der Waals surface area contributed by atoms with E-state index in [9.17, 15) is 18.5 Å². The van der Waals surface area contributed by atoms with Crippen molar-refractivity contribution in [2.75, 3.05) is 31.7 Å². The molecule has 0 saturated heterocycles. The molecule has 0 atom stereocenters. The number of hydrogen-bond acceptors (Lipinski definition) is 6. The standard InChI is InChI=1S/C20H27N5O4S.HI/c1-4-15-7-5-6-8-16(15)14-24-20(21-2)23-12-11-22-18-10-9-17(30(3,28)29)13-19(18)25(26)27;/h5-10,13,22H,4,11-12,14H2,1-3H3,(H2,21,23,24);1H. The van der Waals surface area contributed by atoms with Crippen LogP contribution in [-0.2, 0) is 22.8 Å². The van der Waals surface area contributed by atoms with E-state index in [4.69, 9.17) is 0 Å². The molecule has 0 amide bonds. The third kappa shape index (κ3) is 7.98. The molecule has 0 fully saturated rings. The molecule has 31 heavy (non-hydrogen) atoms. The quantitative estimate of drug-likeness (QED) is 0.107. The Morgan fingerprint density at radius 1 is 1.10 bits per heavy atom. The van der Waals surface area contributed by atoms with Crippen molar-refractivity contribution in [2.45, 2.75) is 24.8 Å². The summed E-state index contributed by atoms with van der Waals surface area (Å²) in [7, 11) is -1.85. The number of hydrogen-bond donors (Lipinski definition) is 3. The maximum absolute atomic E-state index is 11.6. The van der Waals surface area contributed by atoms with Crippen LogP contribution in [0.25, 0.3) is 0 Å². The Morgan fingerprint density at radius 3 is 2.35 bits per heavy atom. The Labute approximate surface area is 199 Å². The van der Waals surface area contributed by atoms with Gasteiger partial charge in [-0.1, -0.05) is 31.2 Å². The smallest absolute Gasteiger partial charge is 0.293 e. The topological polar surface area (TPSA) is 126 Å². The van der Waals surface area contributed by atoms with Crippen LogP contribution in [0.1, 0.15) is 18.1 Å². The lowest BCUT2D eigenvalue weighted by molar-refractivity contribution is -0.384. The average Bonchev–Trinajstić information content (AvgIpc) is 2.72. The highest BCUT2D eigenvalue weighted by molar-refractivity contribution is 14.0. The number of nitrogens with zero attached hydrogens (tertiary/aromatic N) is 2. The van der Waals surface area contributed by atoms with Crippen LogP contribution in [0, 0.1) is 10.1 Å². The molecule has 0 saturated carbocycles. The molecule has 170 valence electrons. The van der Waals surface area contributed by atoms with Crippen LogP contribution in [0.5, 0.6) is 0 Å². The Kier molecular flexibility index (Phi) is 10.7. The van der Waals surface area contributed by atoms with Gasteiger partial charge in [-0.3, -0.25) is 15.1 Å². The molecular weight excluding hydrogens is 533 g/mol. The van der Waals surface area contributed by atoms with E-state index in [1.165, 1.54) is 23.3 Å². The maximum atomic E-state index is 11.6. The zero-order valence-electron chi connectivity index (χ0n) is 17.7. The van der Waals surface area contributed by atoms with E-state index in [1.807, 2.05) is 12.1 Å². The molecule has 0 aliphatic carbocycles. The Hall–Kier alpha value is -2.41. The molecule has 0 aliphatic rings. The van der Waals surface area contributed by atoms with E-state index in [0.717, 1.165) is 18.7 Å². The zero-order valence-corrected chi connectivity index (χ0v) is 20.9. The number of halogens is 1. The number of nitro groups is 1. The average molecular weight is 561 g/mol. The number of anilines is 1. The molecule has 0 aliphatic heterocycles. The number of rotatable bonds is 9. The van der Waals surface area contributed by atoms with Gasteiger partial charge in [-0.2, -0.15) is 0 Å². The lowest BCUT2D eigenvalue weighted by Gasteiger charge is -2.14. The summed E-state index contributed by atoms with van der Waals surface area (Å²) in [6, 6.07) is 12.0. The highest BCUT2D eigenvalue weighted by Crippen LogP contribution is 2.27. The van der Waals surface area contributed by atoms with E-state index in [1.54, 1.807) is 7.05 Å². The van der Waals surface area contributed by atoms with Gasteiger partial charge >= 0.3 is 0 Å². The van der Waals surface area contributed by atoms with E-state index in [2.05, 4.69) is 40.0 Å². The summed E-state index contributed by atoms with van der Waals surface area (Å²) in [5.74, 6) is 0.615. The molecule has 0 radical (unpaired) electrons. The van der Waals surface area contributed by atoms with Gasteiger partial charge in [0.1, 0.15) is 5.69 Å². The highest BCUT2D eigenvalue weighted by Gasteiger charge is 2.18. The van der Waals surface area contributed by atoms with Crippen LogP contribution in [0.3, 0.4) is 0 Å². The first-order valence-electron chi connectivity index (χ1n) is 9.50. The van der Waals surface area contributed by atoms with Gasteiger partial charge in [0.15, 0.2) is 15.8 Å². The molecular formula is C20H28IN5O4S. The minimum atomic E-state index is -3.52. The monoisotopic (exact) mass is 561 g/mol. The maximum Gasteiger partial charge on any atom is 0.293 e. The number of nitrogens with one attached hydrogen (secondary N) is 3. The second-order valence-corrected chi connectivity index (χ2v) is 8.63. The second-order valence-electron chi connectivity index (χ2n) is 6.61. The predicted molar refractivity (Wildman–Crippen MR) is 134 cm³/mol. The van der Waals surface area contributed by atoms with Gasteiger partial charge < -0.3 is 16.0 Å². The van der Waals surface area contributed by atoms with Crippen molar-refractivity contribution in [3.05, 3.63) is 63.7 Å². The van der Waals surface area contributed by atoms with Gasteiger partial charge in [-0.15, -0.1) is 24.0 Å².